The molecule has 0 heterocycles. The summed E-state index contributed by atoms with van der Waals surface area (Å²) in [4.78, 5) is 23.6. The first-order valence-corrected chi connectivity index (χ1v) is 7.74. The van der Waals surface area contributed by atoms with Crippen molar-refractivity contribution in [2.45, 2.75) is 51.5 Å². The smallest absolute Gasteiger partial charge is 0.329 e. The van der Waals surface area contributed by atoms with Crippen molar-refractivity contribution in [3.05, 3.63) is 41.0 Å². The second-order valence-electron chi connectivity index (χ2n) is 6.11. The molecule has 2 rings (SSSR count). The number of carbonyl (C=O) groups is 2. The predicted molar refractivity (Wildman–Crippen MR) is 86.5 cm³/mol. The quantitative estimate of drug-likeness (QED) is 0.839. The van der Waals surface area contributed by atoms with Crippen molar-refractivity contribution in [2.75, 3.05) is 0 Å². The van der Waals surface area contributed by atoms with Crippen LogP contribution in [0.3, 0.4) is 0 Å². The first-order chi connectivity index (χ1) is 10.4. The maximum atomic E-state index is 12.1. The SMILES string of the molecule is Cc1ccc(/C=C/C(=O)NC2(C(=O)O)CCCCC2)cc1C. The zero-order chi connectivity index (χ0) is 16.2. The molecule has 1 aromatic rings. The summed E-state index contributed by atoms with van der Waals surface area (Å²) in [5.74, 6) is -1.28. The van der Waals surface area contributed by atoms with Crippen LogP contribution in [0.15, 0.2) is 24.3 Å². The minimum atomic E-state index is -1.09. The maximum absolute atomic E-state index is 12.1. The Morgan fingerprint density at radius 3 is 2.41 bits per heavy atom. The number of amides is 1. The van der Waals surface area contributed by atoms with Gasteiger partial charge in [-0.3, -0.25) is 4.79 Å². The molecule has 22 heavy (non-hydrogen) atoms. The van der Waals surface area contributed by atoms with Crippen LogP contribution in [-0.2, 0) is 9.59 Å². The zero-order valence-corrected chi connectivity index (χ0v) is 13.2. The summed E-state index contributed by atoms with van der Waals surface area (Å²) in [6.07, 6.45) is 6.87. The van der Waals surface area contributed by atoms with Gasteiger partial charge in [-0.05, 0) is 49.5 Å². The van der Waals surface area contributed by atoms with Gasteiger partial charge in [0.15, 0.2) is 0 Å². The van der Waals surface area contributed by atoms with Crippen molar-refractivity contribution >= 4 is 18.0 Å². The molecular weight excluding hydrogens is 278 g/mol. The van der Waals surface area contributed by atoms with E-state index in [9.17, 15) is 14.7 Å². The topological polar surface area (TPSA) is 66.4 Å². The van der Waals surface area contributed by atoms with Crippen LogP contribution in [0.4, 0.5) is 0 Å². The number of rotatable bonds is 4. The lowest BCUT2D eigenvalue weighted by Gasteiger charge is -2.33. The Bertz CT molecular complexity index is 598. The second-order valence-corrected chi connectivity index (χ2v) is 6.11. The van der Waals surface area contributed by atoms with Gasteiger partial charge >= 0.3 is 5.97 Å². The van der Waals surface area contributed by atoms with Gasteiger partial charge in [0.05, 0.1) is 0 Å². The lowest BCUT2D eigenvalue weighted by atomic mass is 9.81. The summed E-state index contributed by atoms with van der Waals surface area (Å²) in [7, 11) is 0. The van der Waals surface area contributed by atoms with Crippen LogP contribution in [0, 0.1) is 13.8 Å². The Morgan fingerprint density at radius 2 is 1.82 bits per heavy atom. The minimum absolute atomic E-state index is 0.345. The molecule has 1 aliphatic rings. The van der Waals surface area contributed by atoms with E-state index in [1.54, 1.807) is 6.08 Å². The Kier molecular flexibility index (Phi) is 5.01. The summed E-state index contributed by atoms with van der Waals surface area (Å²) in [6.45, 7) is 4.06. The van der Waals surface area contributed by atoms with E-state index in [2.05, 4.69) is 5.32 Å². The first kappa shape index (κ1) is 16.3. The van der Waals surface area contributed by atoms with E-state index in [0.29, 0.717) is 12.8 Å². The molecule has 0 atom stereocenters. The van der Waals surface area contributed by atoms with Gasteiger partial charge < -0.3 is 10.4 Å². The number of carbonyl (C=O) groups excluding carboxylic acids is 1. The molecule has 4 nitrogen and oxygen atoms in total. The molecule has 118 valence electrons. The van der Waals surface area contributed by atoms with Gasteiger partial charge in [0, 0.05) is 6.08 Å². The van der Waals surface area contributed by atoms with Crippen molar-refractivity contribution in [1.29, 1.82) is 0 Å². The standard InChI is InChI=1S/C18H23NO3/c1-13-6-7-15(12-14(13)2)8-9-16(20)19-18(17(21)22)10-4-3-5-11-18/h6-9,12H,3-5,10-11H2,1-2H3,(H,19,20)(H,21,22)/b9-8+. The fourth-order valence-electron chi connectivity index (χ4n) is 2.87. The van der Waals surface area contributed by atoms with E-state index in [1.807, 2.05) is 32.0 Å². The minimum Gasteiger partial charge on any atom is -0.480 e. The van der Waals surface area contributed by atoms with E-state index in [-0.39, 0.29) is 5.91 Å². The monoisotopic (exact) mass is 301 g/mol. The molecule has 1 fully saturated rings. The van der Waals surface area contributed by atoms with Gasteiger partial charge in [-0.25, -0.2) is 4.79 Å². The van der Waals surface area contributed by atoms with E-state index in [0.717, 1.165) is 30.4 Å². The first-order valence-electron chi connectivity index (χ1n) is 7.74. The third kappa shape index (κ3) is 3.75. The van der Waals surface area contributed by atoms with E-state index in [1.165, 1.54) is 11.6 Å². The molecule has 0 bridgehead atoms. The van der Waals surface area contributed by atoms with Gasteiger partial charge in [-0.1, -0.05) is 37.5 Å². The molecule has 1 saturated carbocycles. The summed E-state index contributed by atoms with van der Waals surface area (Å²) in [5.41, 5.74) is 2.21. The van der Waals surface area contributed by atoms with Crippen molar-refractivity contribution in [3.8, 4) is 0 Å². The molecule has 1 aliphatic carbocycles. The molecule has 4 heteroatoms. The zero-order valence-electron chi connectivity index (χ0n) is 13.2. The Balaban J connectivity index is 2.06. The molecule has 0 saturated heterocycles. The molecule has 1 amide bonds. The highest BCUT2D eigenvalue weighted by molar-refractivity contribution is 5.95. The van der Waals surface area contributed by atoms with Crippen LogP contribution in [0.25, 0.3) is 6.08 Å². The van der Waals surface area contributed by atoms with Crippen LogP contribution in [0.2, 0.25) is 0 Å². The number of hydrogen-bond donors (Lipinski definition) is 2. The van der Waals surface area contributed by atoms with Crippen molar-refractivity contribution < 1.29 is 14.7 Å². The number of nitrogens with one attached hydrogen (secondary N) is 1. The number of carboxylic acid groups (broad SMARTS) is 1. The number of hydrogen-bond acceptors (Lipinski definition) is 2. The molecule has 1 aromatic carbocycles. The fourth-order valence-corrected chi connectivity index (χ4v) is 2.87. The summed E-state index contributed by atoms with van der Waals surface area (Å²) >= 11 is 0. The van der Waals surface area contributed by atoms with Crippen LogP contribution in [-0.4, -0.2) is 22.5 Å². The lowest BCUT2D eigenvalue weighted by Crippen LogP contribution is -2.55. The second kappa shape index (κ2) is 6.77. The van der Waals surface area contributed by atoms with E-state index < -0.39 is 11.5 Å². The van der Waals surface area contributed by atoms with E-state index >= 15 is 0 Å². The fraction of sp³-hybridized carbons (Fsp3) is 0.444. The number of benzene rings is 1. The van der Waals surface area contributed by atoms with Gasteiger partial charge in [0.2, 0.25) is 5.91 Å². The lowest BCUT2D eigenvalue weighted by molar-refractivity contribution is -0.148. The number of carboxylic acids is 1. The molecule has 0 spiro atoms. The maximum Gasteiger partial charge on any atom is 0.329 e. The Hall–Kier alpha value is -2.10. The summed E-state index contributed by atoms with van der Waals surface area (Å²) < 4.78 is 0. The van der Waals surface area contributed by atoms with Gasteiger partial charge in [-0.2, -0.15) is 0 Å². The molecule has 0 aromatic heterocycles. The van der Waals surface area contributed by atoms with Crippen molar-refractivity contribution in [2.24, 2.45) is 0 Å². The van der Waals surface area contributed by atoms with Crippen molar-refractivity contribution in [3.63, 3.8) is 0 Å². The molecule has 0 aliphatic heterocycles. The molecule has 0 unspecified atom stereocenters. The summed E-state index contributed by atoms with van der Waals surface area (Å²) in [6, 6.07) is 5.96. The Morgan fingerprint density at radius 1 is 1.14 bits per heavy atom. The average molecular weight is 301 g/mol. The average Bonchev–Trinajstić information content (AvgIpc) is 2.49. The van der Waals surface area contributed by atoms with Crippen LogP contribution in [0.1, 0.15) is 48.8 Å². The van der Waals surface area contributed by atoms with E-state index in [4.69, 9.17) is 0 Å². The van der Waals surface area contributed by atoms with Gasteiger partial charge in [0.1, 0.15) is 5.54 Å². The predicted octanol–water partition coefficient (Wildman–Crippen LogP) is 3.22. The highest BCUT2D eigenvalue weighted by Gasteiger charge is 2.40. The Labute approximate surface area is 131 Å². The summed E-state index contributed by atoms with van der Waals surface area (Å²) in [5, 5.41) is 12.2. The highest BCUT2D eigenvalue weighted by atomic mass is 16.4. The van der Waals surface area contributed by atoms with Crippen LogP contribution >= 0.6 is 0 Å². The molecule has 2 N–H and O–H groups in total. The highest BCUT2D eigenvalue weighted by Crippen LogP contribution is 2.28. The number of aryl methyl sites for hydroxylation is 2. The van der Waals surface area contributed by atoms with Crippen molar-refractivity contribution in [1.82, 2.24) is 5.32 Å². The van der Waals surface area contributed by atoms with Gasteiger partial charge in [-0.15, -0.1) is 0 Å². The molecule has 0 radical (unpaired) electrons. The third-order valence-electron chi connectivity index (χ3n) is 4.44. The third-order valence-corrected chi connectivity index (χ3v) is 4.44. The molecular formula is C18H23NO3. The van der Waals surface area contributed by atoms with Crippen LogP contribution < -0.4 is 5.32 Å². The largest absolute Gasteiger partial charge is 0.480 e. The van der Waals surface area contributed by atoms with Gasteiger partial charge in [0.25, 0.3) is 0 Å². The number of aliphatic carboxylic acids is 1. The van der Waals surface area contributed by atoms with Crippen LogP contribution in [0.5, 0.6) is 0 Å². The normalized spacial score (nSPS) is 17.4.